The maximum atomic E-state index is 10.5. The van der Waals surface area contributed by atoms with Crippen LogP contribution in [-0.4, -0.2) is 12.6 Å². The van der Waals surface area contributed by atoms with Crippen molar-refractivity contribution in [1.29, 1.82) is 0 Å². The molecule has 0 aromatic rings. The van der Waals surface area contributed by atoms with Crippen LogP contribution >= 0.6 is 0 Å². The highest BCUT2D eigenvalue weighted by molar-refractivity contribution is 5.84. The average molecular weight is 154 g/mol. The fourth-order valence-corrected chi connectivity index (χ4v) is 1.06. The lowest BCUT2D eigenvalue weighted by molar-refractivity contribution is 0.322. The van der Waals surface area contributed by atoms with Crippen LogP contribution < -0.4 is 0 Å². The summed E-state index contributed by atoms with van der Waals surface area (Å²) in [7, 11) is 0. The molecule has 0 amide bonds. The van der Waals surface area contributed by atoms with Crippen LogP contribution in [-0.2, 0) is 9.59 Å². The molecule has 0 rings (SSSR count). The largest absolute Gasteiger partial charge is 0.290 e. The van der Waals surface area contributed by atoms with E-state index in [1.165, 1.54) is 0 Å². The van der Waals surface area contributed by atoms with E-state index in [2.05, 4.69) is 0 Å². The predicted molar refractivity (Wildman–Crippen MR) is 43.6 cm³/mol. The highest BCUT2D eigenvalue weighted by Crippen LogP contribution is 2.28. The lowest BCUT2D eigenvalue weighted by Crippen LogP contribution is -2.31. The van der Waals surface area contributed by atoms with Crippen molar-refractivity contribution in [2.24, 2.45) is 11.3 Å². The highest BCUT2D eigenvalue weighted by atomic mass is 16.1. The smallest absolute Gasteiger partial charge is 0.213 e. The van der Waals surface area contributed by atoms with Gasteiger partial charge in [0.15, 0.2) is 0 Å². The molecule has 1 atom stereocenters. The molecular weight excluding hydrogens is 140 g/mol. The summed E-state index contributed by atoms with van der Waals surface area (Å²) in [4.78, 5) is 21.0. The van der Waals surface area contributed by atoms with E-state index in [-0.39, 0.29) is 5.92 Å². The number of hydrogen-bond acceptors (Lipinski definition) is 2. The first-order chi connectivity index (χ1) is 5.16. The Morgan fingerprint density at radius 3 is 1.82 bits per heavy atom. The first kappa shape index (κ1) is 10.3. The molecule has 0 spiro atoms. The second-order valence-electron chi connectivity index (χ2n) is 2.84. The Kier molecular flexibility index (Phi) is 4.01. The van der Waals surface area contributed by atoms with Crippen LogP contribution in [0.25, 0.3) is 0 Å². The molecular formula is C9H14O2. The second-order valence-corrected chi connectivity index (χ2v) is 2.84. The van der Waals surface area contributed by atoms with E-state index < -0.39 is 5.41 Å². The number of carbonyl (C=O) groups excluding carboxylic acids is 2. The van der Waals surface area contributed by atoms with Crippen LogP contribution in [0.5, 0.6) is 0 Å². The molecule has 0 heterocycles. The minimum Gasteiger partial charge on any atom is -0.290 e. The lowest BCUT2D eigenvalue weighted by atomic mass is 9.75. The van der Waals surface area contributed by atoms with Crippen molar-refractivity contribution < 1.29 is 9.59 Å². The van der Waals surface area contributed by atoms with Gasteiger partial charge < -0.3 is 0 Å². The standard InChI is InChI=1S/C9H14O2/c1-4-8(3)9(5-2,6-10)7-11/h8H,4-5H2,1-3H3. The van der Waals surface area contributed by atoms with Gasteiger partial charge >= 0.3 is 0 Å². The summed E-state index contributed by atoms with van der Waals surface area (Å²) < 4.78 is 0. The molecule has 0 N–H and O–H groups in total. The Morgan fingerprint density at radius 1 is 1.27 bits per heavy atom. The summed E-state index contributed by atoms with van der Waals surface area (Å²) in [6.45, 7) is 5.63. The summed E-state index contributed by atoms with van der Waals surface area (Å²) in [6, 6.07) is 0. The SMILES string of the molecule is CCC(C)C([C]=O)([C]=O)CC. The minimum atomic E-state index is -0.977. The first-order valence-corrected chi connectivity index (χ1v) is 3.95. The lowest BCUT2D eigenvalue weighted by Gasteiger charge is -2.23. The summed E-state index contributed by atoms with van der Waals surface area (Å²) in [5.41, 5.74) is -0.977. The van der Waals surface area contributed by atoms with Crippen molar-refractivity contribution in [2.45, 2.75) is 33.6 Å². The van der Waals surface area contributed by atoms with Gasteiger partial charge in [-0.05, 0) is 12.3 Å². The minimum absolute atomic E-state index is 0.0440. The van der Waals surface area contributed by atoms with Gasteiger partial charge in [-0.1, -0.05) is 27.2 Å². The van der Waals surface area contributed by atoms with E-state index in [0.717, 1.165) is 6.42 Å². The molecule has 0 aliphatic rings. The molecule has 0 saturated carbocycles. The van der Waals surface area contributed by atoms with Gasteiger partial charge in [0.05, 0.1) is 0 Å². The third kappa shape index (κ3) is 1.88. The van der Waals surface area contributed by atoms with E-state index in [9.17, 15) is 9.59 Å². The van der Waals surface area contributed by atoms with Gasteiger partial charge in [0, 0.05) is 0 Å². The third-order valence-electron chi connectivity index (χ3n) is 2.38. The zero-order valence-electron chi connectivity index (χ0n) is 7.31. The van der Waals surface area contributed by atoms with Gasteiger partial charge in [-0.15, -0.1) is 0 Å². The Labute approximate surface area is 68.0 Å². The Balaban J connectivity index is 4.52. The van der Waals surface area contributed by atoms with Gasteiger partial charge in [0.2, 0.25) is 12.6 Å². The molecule has 0 aromatic heterocycles. The Morgan fingerprint density at radius 2 is 1.73 bits per heavy atom. The van der Waals surface area contributed by atoms with Crippen LogP contribution in [0.3, 0.4) is 0 Å². The van der Waals surface area contributed by atoms with Gasteiger partial charge in [0.1, 0.15) is 5.41 Å². The molecule has 2 heteroatoms. The van der Waals surface area contributed by atoms with E-state index in [0.29, 0.717) is 6.42 Å². The van der Waals surface area contributed by atoms with Crippen LogP contribution in [0, 0.1) is 11.3 Å². The molecule has 62 valence electrons. The quantitative estimate of drug-likeness (QED) is 0.564. The zero-order chi connectivity index (χ0) is 8.91. The third-order valence-corrected chi connectivity index (χ3v) is 2.38. The molecule has 0 saturated heterocycles. The maximum Gasteiger partial charge on any atom is 0.213 e. The summed E-state index contributed by atoms with van der Waals surface area (Å²) in [5.74, 6) is 0.0440. The summed E-state index contributed by atoms with van der Waals surface area (Å²) >= 11 is 0. The normalized spacial score (nSPS) is 14.1. The summed E-state index contributed by atoms with van der Waals surface area (Å²) in [6.07, 6.45) is 4.88. The second kappa shape index (κ2) is 4.27. The maximum absolute atomic E-state index is 10.5. The number of rotatable bonds is 5. The van der Waals surface area contributed by atoms with Gasteiger partial charge in [0.25, 0.3) is 0 Å². The molecule has 0 aliphatic heterocycles. The van der Waals surface area contributed by atoms with Gasteiger partial charge in [-0.25, -0.2) is 0 Å². The monoisotopic (exact) mass is 154 g/mol. The molecule has 2 radical (unpaired) electrons. The fraction of sp³-hybridized carbons (Fsp3) is 0.778. The van der Waals surface area contributed by atoms with Gasteiger partial charge in [-0.2, -0.15) is 0 Å². The summed E-state index contributed by atoms with van der Waals surface area (Å²) in [5, 5.41) is 0. The van der Waals surface area contributed by atoms with Crippen molar-refractivity contribution in [1.82, 2.24) is 0 Å². The molecule has 2 nitrogen and oxygen atoms in total. The number of hydrogen-bond donors (Lipinski definition) is 0. The van der Waals surface area contributed by atoms with Crippen molar-refractivity contribution in [3.63, 3.8) is 0 Å². The van der Waals surface area contributed by atoms with Crippen LogP contribution in [0.4, 0.5) is 0 Å². The van der Waals surface area contributed by atoms with E-state index >= 15 is 0 Å². The molecule has 0 aromatic carbocycles. The van der Waals surface area contributed by atoms with E-state index in [4.69, 9.17) is 0 Å². The van der Waals surface area contributed by atoms with Crippen molar-refractivity contribution in [3.05, 3.63) is 0 Å². The van der Waals surface area contributed by atoms with E-state index in [1.807, 2.05) is 20.8 Å². The predicted octanol–water partition coefficient (Wildman–Crippen LogP) is 1.65. The van der Waals surface area contributed by atoms with Crippen LogP contribution in [0.1, 0.15) is 33.6 Å². The Bertz CT molecular complexity index is 132. The van der Waals surface area contributed by atoms with Crippen LogP contribution in [0.2, 0.25) is 0 Å². The zero-order valence-corrected chi connectivity index (χ0v) is 7.31. The van der Waals surface area contributed by atoms with Gasteiger partial charge in [-0.3, -0.25) is 9.59 Å². The van der Waals surface area contributed by atoms with Crippen LogP contribution in [0.15, 0.2) is 0 Å². The molecule has 1 unspecified atom stereocenters. The first-order valence-electron chi connectivity index (χ1n) is 3.95. The van der Waals surface area contributed by atoms with E-state index in [1.54, 1.807) is 12.6 Å². The van der Waals surface area contributed by atoms with Crippen molar-refractivity contribution in [3.8, 4) is 0 Å². The molecule has 11 heavy (non-hydrogen) atoms. The molecule has 0 aliphatic carbocycles. The fourth-order valence-electron chi connectivity index (χ4n) is 1.06. The topological polar surface area (TPSA) is 34.1 Å². The van der Waals surface area contributed by atoms with Crippen molar-refractivity contribution in [2.75, 3.05) is 0 Å². The van der Waals surface area contributed by atoms with Crippen molar-refractivity contribution >= 4 is 12.6 Å². The Hall–Kier alpha value is -0.660. The highest BCUT2D eigenvalue weighted by Gasteiger charge is 2.35. The average Bonchev–Trinajstić information content (AvgIpc) is 2.08. The molecule has 0 bridgehead atoms. The molecule has 0 fully saturated rings.